The Balaban J connectivity index is 1.47. The third kappa shape index (κ3) is 3.89. The normalized spacial score (nSPS) is 12.7. The summed E-state index contributed by atoms with van der Waals surface area (Å²) in [4.78, 5) is 0. The molecule has 39 heavy (non-hydrogen) atoms. The van der Waals surface area contributed by atoms with Crippen LogP contribution in [0.5, 0.6) is 0 Å². The van der Waals surface area contributed by atoms with Gasteiger partial charge in [0.25, 0.3) is 0 Å². The zero-order valence-corrected chi connectivity index (χ0v) is 21.1. The summed E-state index contributed by atoms with van der Waals surface area (Å²) in [7, 11) is 0. The van der Waals surface area contributed by atoms with Crippen molar-refractivity contribution in [2.75, 3.05) is 0 Å². The number of allylic oxidation sites excluding steroid dienone is 3. The fourth-order valence-corrected chi connectivity index (χ4v) is 5.32. The number of rotatable bonds is 7. The maximum Gasteiger partial charge on any atom is 0.376 e. The van der Waals surface area contributed by atoms with Crippen LogP contribution in [0, 0.1) is 0 Å². The van der Waals surface area contributed by atoms with Crippen LogP contribution in [0.15, 0.2) is 158 Å². The van der Waals surface area contributed by atoms with Crippen LogP contribution >= 0.6 is 0 Å². The molecule has 0 N–H and O–H groups in total. The summed E-state index contributed by atoms with van der Waals surface area (Å²) in [5, 5.41) is 14.8. The lowest BCUT2D eigenvalue weighted by Crippen LogP contribution is -2.60. The smallest absolute Gasteiger partial charge is 0.376 e. The van der Waals surface area contributed by atoms with Crippen LogP contribution in [0.3, 0.4) is 0 Å². The lowest BCUT2D eigenvalue weighted by molar-refractivity contribution is 0.737. The second-order valence-electron chi connectivity index (χ2n) is 9.58. The van der Waals surface area contributed by atoms with Gasteiger partial charge in [-0.25, -0.2) is 15.3 Å². The first kappa shape index (κ1) is 22.8. The fraction of sp³-hybridized carbons (Fsp3) is 0. The lowest BCUT2D eigenvalue weighted by atomic mass is 9.53. The Labute approximate surface area is 226 Å². The monoisotopic (exact) mass is 503 g/mol. The molecule has 3 aromatic carbocycles. The van der Waals surface area contributed by atoms with E-state index in [2.05, 4.69) is 66.8 Å². The van der Waals surface area contributed by atoms with Gasteiger partial charge in [-0.1, -0.05) is 109 Å². The zero-order valence-electron chi connectivity index (χ0n) is 21.1. The van der Waals surface area contributed by atoms with Crippen LogP contribution in [0.2, 0.25) is 0 Å². The number of benzene rings is 3. The highest BCUT2D eigenvalue weighted by Gasteiger charge is 2.39. The number of hydrogen-bond donors (Lipinski definition) is 0. The molecule has 3 heterocycles. The van der Waals surface area contributed by atoms with Crippen molar-refractivity contribution in [2.45, 2.75) is 0 Å². The fourth-order valence-electron chi connectivity index (χ4n) is 5.32. The lowest BCUT2D eigenvalue weighted by Gasteiger charge is -2.42. The highest BCUT2D eigenvalue weighted by atomic mass is 15.5. The van der Waals surface area contributed by atoms with Crippen molar-refractivity contribution in [3.8, 4) is 33.4 Å². The Morgan fingerprint density at radius 1 is 0.487 bits per heavy atom. The van der Waals surface area contributed by atoms with E-state index >= 15 is 0 Å². The Morgan fingerprint density at radius 2 is 0.872 bits per heavy atom. The molecule has 0 fully saturated rings. The van der Waals surface area contributed by atoms with Gasteiger partial charge in [0.15, 0.2) is 0 Å². The van der Waals surface area contributed by atoms with Crippen molar-refractivity contribution < 1.29 is 0 Å². The highest BCUT2D eigenvalue weighted by molar-refractivity contribution is 6.82. The molecule has 0 spiro atoms. The van der Waals surface area contributed by atoms with Gasteiger partial charge in [-0.15, -0.1) is 0 Å². The molecular formula is C32H24BN6-. The Kier molecular flexibility index (Phi) is 5.54. The van der Waals surface area contributed by atoms with Gasteiger partial charge in [-0.3, -0.25) is 0 Å². The molecule has 7 heteroatoms. The second kappa shape index (κ2) is 9.49. The average Bonchev–Trinajstić information content (AvgIpc) is 3.83. The maximum atomic E-state index is 4.94. The minimum Gasteiger partial charge on any atom is -0.395 e. The first-order valence-corrected chi connectivity index (χ1v) is 12.9. The molecule has 0 aliphatic heterocycles. The van der Waals surface area contributed by atoms with Crippen LogP contribution in [0.25, 0.3) is 33.4 Å². The van der Waals surface area contributed by atoms with E-state index in [-0.39, 0.29) is 0 Å². The molecule has 7 rings (SSSR count). The van der Waals surface area contributed by atoms with Gasteiger partial charge in [-0.05, 0) is 41.4 Å². The molecule has 0 atom stereocenters. The molecule has 6 nitrogen and oxygen atoms in total. The molecule has 0 bridgehead atoms. The molecule has 1 aliphatic rings. The van der Waals surface area contributed by atoms with Crippen LogP contribution < -0.4 is 0 Å². The van der Waals surface area contributed by atoms with Crippen molar-refractivity contribution >= 4 is 6.55 Å². The van der Waals surface area contributed by atoms with Crippen molar-refractivity contribution in [3.63, 3.8) is 0 Å². The van der Waals surface area contributed by atoms with Gasteiger partial charge in [0.05, 0.1) is 18.6 Å². The van der Waals surface area contributed by atoms with E-state index < -0.39 is 6.55 Å². The third-order valence-electron chi connectivity index (χ3n) is 7.27. The van der Waals surface area contributed by atoms with Crippen molar-refractivity contribution in [2.24, 2.45) is 0 Å². The Bertz CT molecular complexity index is 1650. The summed E-state index contributed by atoms with van der Waals surface area (Å²) in [6.07, 6.45) is 17.9. The van der Waals surface area contributed by atoms with Gasteiger partial charge >= 0.3 is 6.55 Å². The van der Waals surface area contributed by atoms with Gasteiger partial charge in [-0.2, -0.15) is 5.73 Å². The summed E-state index contributed by atoms with van der Waals surface area (Å²) < 4.78 is 5.95. The van der Waals surface area contributed by atoms with E-state index in [0.29, 0.717) is 0 Å². The van der Waals surface area contributed by atoms with Crippen LogP contribution in [0.4, 0.5) is 0 Å². The molecule has 186 valence electrons. The topological polar surface area (TPSA) is 53.5 Å². The summed E-state index contributed by atoms with van der Waals surface area (Å²) in [6, 6.07) is 30.8. The quantitative estimate of drug-likeness (QED) is 0.188. The summed E-state index contributed by atoms with van der Waals surface area (Å²) in [6.45, 7) is -2.05. The highest BCUT2D eigenvalue weighted by Crippen LogP contribution is 2.30. The predicted molar refractivity (Wildman–Crippen MR) is 156 cm³/mol. The van der Waals surface area contributed by atoms with Crippen LogP contribution in [0.1, 0.15) is 0 Å². The van der Waals surface area contributed by atoms with Gasteiger partial charge < -0.3 is 13.8 Å². The molecule has 0 unspecified atom stereocenters. The molecule has 6 aromatic rings. The molecule has 3 aromatic heterocycles. The molecular weight excluding hydrogens is 479 g/mol. The minimum absolute atomic E-state index is 0.920. The van der Waals surface area contributed by atoms with E-state index in [1.807, 2.05) is 99.1 Å². The first-order valence-electron chi connectivity index (χ1n) is 12.9. The van der Waals surface area contributed by atoms with Crippen LogP contribution in [-0.4, -0.2) is 35.6 Å². The van der Waals surface area contributed by atoms with Crippen LogP contribution in [-0.2, 0) is 0 Å². The summed E-state index contributed by atoms with van der Waals surface area (Å²) in [5.74, 6) is 0. The zero-order chi connectivity index (χ0) is 26.1. The molecule has 0 saturated carbocycles. The summed E-state index contributed by atoms with van der Waals surface area (Å²) >= 11 is 0. The van der Waals surface area contributed by atoms with E-state index in [0.717, 1.165) is 38.9 Å². The second-order valence-corrected chi connectivity index (χ2v) is 9.58. The maximum absolute atomic E-state index is 4.94. The van der Waals surface area contributed by atoms with E-state index in [4.69, 9.17) is 15.3 Å². The third-order valence-corrected chi connectivity index (χ3v) is 7.27. The molecule has 0 radical (unpaired) electrons. The summed E-state index contributed by atoms with van der Waals surface area (Å²) in [5.41, 5.74) is 10.7. The molecule has 0 amide bonds. The number of nitrogens with zero attached hydrogens (tertiary/aromatic N) is 6. The van der Waals surface area contributed by atoms with E-state index in [9.17, 15) is 0 Å². The van der Waals surface area contributed by atoms with Crippen molar-refractivity contribution in [1.29, 1.82) is 0 Å². The van der Waals surface area contributed by atoms with E-state index in [1.54, 1.807) is 0 Å². The van der Waals surface area contributed by atoms with Gasteiger partial charge in [0.1, 0.15) is 0 Å². The van der Waals surface area contributed by atoms with Gasteiger partial charge in [0, 0.05) is 16.7 Å². The van der Waals surface area contributed by atoms with Crippen molar-refractivity contribution in [3.05, 3.63) is 158 Å². The molecule has 1 aliphatic carbocycles. The average molecular weight is 503 g/mol. The number of aromatic nitrogens is 6. The molecule has 0 saturated heterocycles. The minimum atomic E-state index is -2.05. The first-order chi connectivity index (χ1) is 19.3. The van der Waals surface area contributed by atoms with E-state index in [1.165, 1.54) is 0 Å². The standard InChI is InChI=1S/C32H24BN6/c1-4-12-26(13-5-1)29-20-34-37(23-29)33(32-18-10-11-19-32,38-24-30(21-35-38)27-14-6-2-7-15-27)39-25-31(22-36-39)28-16-8-3-9-17-28/h1-18,20-25H/q-1. The number of hydrogen-bond acceptors (Lipinski definition) is 3. The predicted octanol–water partition coefficient (Wildman–Crippen LogP) is 6.35. The Morgan fingerprint density at radius 3 is 1.21 bits per heavy atom. The largest absolute Gasteiger partial charge is 0.395 e. The van der Waals surface area contributed by atoms with Crippen molar-refractivity contribution in [1.82, 2.24) is 29.1 Å². The van der Waals surface area contributed by atoms with Gasteiger partial charge in [0.2, 0.25) is 0 Å². The SMILES string of the molecule is C1=CC=CC=1[B-](n1cc(-c2ccccc2)cn1)(n1cc(-c2ccccc2)cn1)n1cc(-c2ccccc2)cn1. The Hall–Kier alpha value is -5.39.